The molecule has 1 heterocycles. The predicted octanol–water partition coefficient (Wildman–Crippen LogP) is 2.11. The molecule has 122 valence electrons. The molecular formula is C16H18N2O4S. The first kappa shape index (κ1) is 15.7. The van der Waals surface area contributed by atoms with Crippen molar-refractivity contribution in [3.63, 3.8) is 0 Å². The van der Waals surface area contributed by atoms with Gasteiger partial charge < -0.3 is 14.0 Å². The standard InChI is InChI=1S/C16H18N2O4S/c1-3-22-14(19)9-18-12-7-6-11(21-2)8-13(12)23-16(18)17-15(20)10-4-5-10/h6-8,10H,3-5,9H2,1-2H3. The molecule has 0 bridgehead atoms. The number of nitrogens with zero attached hydrogens (tertiary/aromatic N) is 2. The lowest BCUT2D eigenvalue weighted by Crippen LogP contribution is -2.23. The smallest absolute Gasteiger partial charge is 0.326 e. The molecule has 0 atom stereocenters. The molecular weight excluding hydrogens is 316 g/mol. The van der Waals surface area contributed by atoms with Gasteiger partial charge in [0.15, 0.2) is 4.80 Å². The van der Waals surface area contributed by atoms with Gasteiger partial charge in [0.1, 0.15) is 12.3 Å². The minimum atomic E-state index is -0.344. The highest BCUT2D eigenvalue weighted by molar-refractivity contribution is 7.16. The summed E-state index contributed by atoms with van der Waals surface area (Å²) in [5.74, 6) is 0.317. The number of rotatable bonds is 5. The van der Waals surface area contributed by atoms with Crippen molar-refractivity contribution in [2.75, 3.05) is 13.7 Å². The molecule has 0 N–H and O–H groups in total. The number of amides is 1. The maximum Gasteiger partial charge on any atom is 0.326 e. The van der Waals surface area contributed by atoms with Crippen LogP contribution in [0.3, 0.4) is 0 Å². The summed E-state index contributed by atoms with van der Waals surface area (Å²) in [6, 6.07) is 5.57. The highest BCUT2D eigenvalue weighted by Gasteiger charge is 2.29. The zero-order chi connectivity index (χ0) is 16.4. The quantitative estimate of drug-likeness (QED) is 0.785. The fourth-order valence-electron chi connectivity index (χ4n) is 2.27. The lowest BCUT2D eigenvalue weighted by atomic mass is 10.3. The van der Waals surface area contributed by atoms with Gasteiger partial charge in [0, 0.05) is 5.92 Å². The van der Waals surface area contributed by atoms with Gasteiger partial charge in [-0.2, -0.15) is 4.99 Å². The first-order valence-corrected chi connectivity index (χ1v) is 8.35. The van der Waals surface area contributed by atoms with Gasteiger partial charge in [0.25, 0.3) is 5.91 Å². The van der Waals surface area contributed by atoms with E-state index in [1.54, 1.807) is 18.6 Å². The number of fused-ring (bicyclic) bond motifs is 1. The lowest BCUT2D eigenvalue weighted by molar-refractivity contribution is -0.143. The molecule has 2 aromatic rings. The van der Waals surface area contributed by atoms with Crippen LogP contribution in [0.2, 0.25) is 0 Å². The summed E-state index contributed by atoms with van der Waals surface area (Å²) in [5, 5.41) is 0. The van der Waals surface area contributed by atoms with E-state index in [4.69, 9.17) is 9.47 Å². The monoisotopic (exact) mass is 334 g/mol. The van der Waals surface area contributed by atoms with Gasteiger partial charge in [-0.05, 0) is 38.0 Å². The average molecular weight is 334 g/mol. The van der Waals surface area contributed by atoms with E-state index in [9.17, 15) is 9.59 Å². The average Bonchev–Trinajstić information content (AvgIpc) is 3.33. The molecule has 0 spiro atoms. The summed E-state index contributed by atoms with van der Waals surface area (Å²) in [4.78, 5) is 28.6. The van der Waals surface area contributed by atoms with Gasteiger partial charge >= 0.3 is 5.97 Å². The molecule has 0 saturated heterocycles. The Bertz CT molecular complexity index is 817. The summed E-state index contributed by atoms with van der Waals surface area (Å²) < 4.78 is 12.9. The third kappa shape index (κ3) is 3.44. The van der Waals surface area contributed by atoms with Gasteiger partial charge in [-0.1, -0.05) is 11.3 Å². The lowest BCUT2D eigenvalue weighted by Gasteiger charge is -2.05. The van der Waals surface area contributed by atoms with Gasteiger partial charge in [0.05, 0.1) is 23.9 Å². The van der Waals surface area contributed by atoms with Crippen LogP contribution in [-0.2, 0) is 20.9 Å². The van der Waals surface area contributed by atoms with Gasteiger partial charge in [-0.25, -0.2) is 0 Å². The summed E-state index contributed by atoms with van der Waals surface area (Å²) in [6.07, 6.45) is 1.80. The van der Waals surface area contributed by atoms with Crippen LogP contribution in [0.25, 0.3) is 10.2 Å². The van der Waals surface area contributed by atoms with Crippen molar-refractivity contribution in [2.45, 2.75) is 26.3 Å². The molecule has 1 aromatic heterocycles. The third-order valence-corrected chi connectivity index (χ3v) is 4.66. The van der Waals surface area contributed by atoms with Crippen molar-refractivity contribution in [3.05, 3.63) is 23.0 Å². The van der Waals surface area contributed by atoms with Gasteiger partial charge in [-0.15, -0.1) is 0 Å². The number of aromatic nitrogens is 1. The Morgan fingerprint density at radius 1 is 1.39 bits per heavy atom. The Labute approximate surface area is 137 Å². The summed E-state index contributed by atoms with van der Waals surface area (Å²) in [7, 11) is 1.60. The van der Waals surface area contributed by atoms with Crippen molar-refractivity contribution in [1.82, 2.24) is 4.57 Å². The third-order valence-electron chi connectivity index (χ3n) is 3.61. The molecule has 1 saturated carbocycles. The van der Waals surface area contributed by atoms with Crippen LogP contribution in [-0.4, -0.2) is 30.2 Å². The first-order chi connectivity index (χ1) is 11.1. The van der Waals surface area contributed by atoms with E-state index >= 15 is 0 Å². The minimum absolute atomic E-state index is 0.0386. The molecule has 1 amide bonds. The van der Waals surface area contributed by atoms with Crippen molar-refractivity contribution < 1.29 is 19.1 Å². The second kappa shape index (κ2) is 6.54. The predicted molar refractivity (Wildman–Crippen MR) is 86.3 cm³/mol. The van der Waals surface area contributed by atoms with E-state index in [1.807, 2.05) is 18.2 Å². The van der Waals surface area contributed by atoms with Crippen LogP contribution < -0.4 is 9.54 Å². The molecule has 23 heavy (non-hydrogen) atoms. The molecule has 0 unspecified atom stereocenters. The highest BCUT2D eigenvalue weighted by atomic mass is 32.1. The topological polar surface area (TPSA) is 69.9 Å². The first-order valence-electron chi connectivity index (χ1n) is 7.54. The van der Waals surface area contributed by atoms with Crippen LogP contribution >= 0.6 is 11.3 Å². The number of thiazole rings is 1. The fraction of sp³-hybridized carbons (Fsp3) is 0.438. The van der Waals surface area contributed by atoms with E-state index in [1.165, 1.54) is 11.3 Å². The SMILES string of the molecule is CCOC(=O)Cn1c(=NC(=O)C2CC2)sc2cc(OC)ccc21. The number of hydrogen-bond acceptors (Lipinski definition) is 5. The fourth-order valence-corrected chi connectivity index (χ4v) is 3.33. The van der Waals surface area contributed by atoms with E-state index in [-0.39, 0.29) is 24.3 Å². The molecule has 7 heteroatoms. The summed E-state index contributed by atoms with van der Waals surface area (Å²) in [6.45, 7) is 2.13. The van der Waals surface area contributed by atoms with Crippen LogP contribution in [0.4, 0.5) is 0 Å². The van der Waals surface area contributed by atoms with Crippen LogP contribution in [0.1, 0.15) is 19.8 Å². The number of hydrogen-bond donors (Lipinski definition) is 0. The second-order valence-corrected chi connectivity index (χ2v) is 6.34. The molecule has 1 aromatic carbocycles. The molecule has 3 rings (SSSR count). The second-order valence-electron chi connectivity index (χ2n) is 5.33. The Balaban J connectivity index is 2.07. The highest BCUT2D eigenvalue weighted by Crippen LogP contribution is 2.30. The summed E-state index contributed by atoms with van der Waals surface area (Å²) >= 11 is 1.37. The molecule has 6 nitrogen and oxygen atoms in total. The number of ether oxygens (including phenoxy) is 2. The van der Waals surface area contributed by atoms with E-state index in [0.29, 0.717) is 11.4 Å². The van der Waals surface area contributed by atoms with Crippen molar-refractivity contribution in [3.8, 4) is 5.75 Å². The molecule has 1 aliphatic carbocycles. The van der Waals surface area contributed by atoms with Gasteiger partial charge in [-0.3, -0.25) is 9.59 Å². The van der Waals surface area contributed by atoms with Crippen molar-refractivity contribution in [1.29, 1.82) is 0 Å². The Morgan fingerprint density at radius 2 is 2.17 bits per heavy atom. The molecule has 1 fully saturated rings. The Hall–Kier alpha value is -2.15. The maximum absolute atomic E-state index is 12.0. The molecule has 1 aliphatic rings. The van der Waals surface area contributed by atoms with E-state index < -0.39 is 0 Å². The van der Waals surface area contributed by atoms with Gasteiger partial charge in [0.2, 0.25) is 0 Å². The molecule has 0 aliphatic heterocycles. The Morgan fingerprint density at radius 3 is 2.83 bits per heavy atom. The number of carbonyl (C=O) groups is 2. The van der Waals surface area contributed by atoms with Crippen LogP contribution in [0, 0.1) is 5.92 Å². The summed E-state index contributed by atoms with van der Waals surface area (Å²) in [5.41, 5.74) is 0.839. The van der Waals surface area contributed by atoms with E-state index in [0.717, 1.165) is 28.8 Å². The number of methoxy groups -OCH3 is 1. The molecule has 0 radical (unpaired) electrons. The number of benzene rings is 1. The zero-order valence-corrected chi connectivity index (χ0v) is 13.9. The largest absolute Gasteiger partial charge is 0.497 e. The number of esters is 1. The van der Waals surface area contributed by atoms with Crippen LogP contribution in [0.5, 0.6) is 5.75 Å². The normalized spacial score (nSPS) is 15.0. The number of carbonyl (C=O) groups excluding carboxylic acids is 2. The maximum atomic E-state index is 12.0. The van der Waals surface area contributed by atoms with E-state index in [2.05, 4.69) is 4.99 Å². The Kier molecular flexibility index (Phi) is 4.47. The van der Waals surface area contributed by atoms with Crippen LogP contribution in [0.15, 0.2) is 23.2 Å². The minimum Gasteiger partial charge on any atom is -0.497 e. The zero-order valence-electron chi connectivity index (χ0n) is 13.1. The van der Waals surface area contributed by atoms with Crippen molar-refractivity contribution >= 4 is 33.4 Å². The van der Waals surface area contributed by atoms with Crippen molar-refractivity contribution in [2.24, 2.45) is 10.9 Å².